The van der Waals surface area contributed by atoms with Gasteiger partial charge in [0.2, 0.25) is 0 Å². The highest BCUT2D eigenvalue weighted by atomic mass is 16.6. The zero-order valence-corrected chi connectivity index (χ0v) is 12.6. The van der Waals surface area contributed by atoms with Crippen LogP contribution in [0.4, 0.5) is 0 Å². The number of esters is 1. The number of hydrogen-bond acceptors (Lipinski definition) is 6. The molecular weight excluding hydrogens is 300 g/mol. The number of carbonyl (C=O) groups is 3. The highest BCUT2D eigenvalue weighted by molar-refractivity contribution is 6.29. The predicted octanol–water partition coefficient (Wildman–Crippen LogP) is 1.47. The van der Waals surface area contributed by atoms with Gasteiger partial charge in [0.1, 0.15) is 11.9 Å². The summed E-state index contributed by atoms with van der Waals surface area (Å²) in [6.45, 7) is 1.71. The van der Waals surface area contributed by atoms with Gasteiger partial charge in [-0.05, 0) is 13.0 Å². The first-order chi connectivity index (χ1) is 11.0. The van der Waals surface area contributed by atoms with Crippen molar-refractivity contribution in [1.82, 2.24) is 0 Å². The number of hydrogen-bond donors (Lipinski definition) is 0. The second-order valence-electron chi connectivity index (χ2n) is 5.80. The van der Waals surface area contributed by atoms with Gasteiger partial charge in [0.25, 0.3) is 0 Å². The molecule has 0 aromatic heterocycles. The van der Waals surface area contributed by atoms with E-state index in [9.17, 15) is 14.4 Å². The summed E-state index contributed by atoms with van der Waals surface area (Å²) in [4.78, 5) is 37.5. The van der Waals surface area contributed by atoms with Gasteiger partial charge < -0.3 is 14.2 Å². The first-order valence-electron chi connectivity index (χ1n) is 7.38. The molecule has 0 saturated carbocycles. The number of Topliss-reactive ketones (excluding diaryl/α,β-unsaturated/α-hetero) is 2. The average Bonchev–Trinajstić information content (AvgIpc) is 2.90. The molecule has 0 bridgehead atoms. The molecule has 0 amide bonds. The standard InChI is InChI=1S/C17H14O6/c1-7-12-14(17-10(22-7)6-11(18)23-17)15(19)8-4-3-5-9(21-2)13(8)16(12)20/h3-5,7,10,17H,6H2,1-2H3/t7-,10+,17-/m1/s1. The number of rotatable bonds is 1. The fourth-order valence-corrected chi connectivity index (χ4v) is 3.57. The monoisotopic (exact) mass is 314 g/mol. The van der Waals surface area contributed by atoms with Crippen LogP contribution in [0.25, 0.3) is 0 Å². The van der Waals surface area contributed by atoms with E-state index in [0.717, 1.165) is 0 Å². The normalized spacial score (nSPS) is 29.0. The molecule has 0 radical (unpaired) electrons. The lowest BCUT2D eigenvalue weighted by atomic mass is 9.77. The van der Waals surface area contributed by atoms with E-state index in [-0.39, 0.29) is 40.3 Å². The maximum atomic E-state index is 12.9. The van der Waals surface area contributed by atoms with E-state index in [1.807, 2.05) is 0 Å². The molecule has 4 rings (SSSR count). The minimum Gasteiger partial charge on any atom is -0.496 e. The van der Waals surface area contributed by atoms with Gasteiger partial charge in [0.05, 0.1) is 30.8 Å². The zero-order valence-electron chi connectivity index (χ0n) is 12.6. The summed E-state index contributed by atoms with van der Waals surface area (Å²) in [5.41, 5.74) is 1.05. The van der Waals surface area contributed by atoms with E-state index in [1.54, 1.807) is 25.1 Å². The van der Waals surface area contributed by atoms with Crippen LogP contribution < -0.4 is 4.74 Å². The van der Waals surface area contributed by atoms with Crippen LogP contribution in [0.2, 0.25) is 0 Å². The second-order valence-corrected chi connectivity index (χ2v) is 5.80. The molecular formula is C17H14O6. The van der Waals surface area contributed by atoms with Gasteiger partial charge in [-0.3, -0.25) is 14.4 Å². The van der Waals surface area contributed by atoms with Crippen LogP contribution in [0.5, 0.6) is 5.75 Å². The molecule has 6 heteroatoms. The zero-order chi connectivity index (χ0) is 16.3. The third kappa shape index (κ3) is 1.81. The molecule has 1 saturated heterocycles. The van der Waals surface area contributed by atoms with E-state index >= 15 is 0 Å². The molecule has 2 aliphatic heterocycles. The minimum atomic E-state index is -0.801. The van der Waals surface area contributed by atoms with Gasteiger partial charge >= 0.3 is 5.97 Å². The lowest BCUT2D eigenvalue weighted by Crippen LogP contribution is -2.44. The largest absolute Gasteiger partial charge is 0.496 e. The Morgan fingerprint density at radius 1 is 1.13 bits per heavy atom. The van der Waals surface area contributed by atoms with Crippen LogP contribution in [0.15, 0.2) is 29.3 Å². The maximum absolute atomic E-state index is 12.9. The van der Waals surface area contributed by atoms with Crippen LogP contribution in [-0.2, 0) is 14.3 Å². The SMILES string of the molecule is COc1cccc2c1C(=O)C1=C(C2=O)[C@@H]2OC(=O)C[C@@H]2O[C@@H]1C. The molecule has 1 aliphatic carbocycles. The molecule has 1 fully saturated rings. The third-order valence-electron chi connectivity index (χ3n) is 4.53. The Morgan fingerprint density at radius 3 is 2.65 bits per heavy atom. The van der Waals surface area contributed by atoms with Crippen LogP contribution >= 0.6 is 0 Å². The molecule has 23 heavy (non-hydrogen) atoms. The number of ether oxygens (including phenoxy) is 3. The van der Waals surface area contributed by atoms with Gasteiger partial charge in [-0.25, -0.2) is 0 Å². The van der Waals surface area contributed by atoms with E-state index in [0.29, 0.717) is 5.75 Å². The van der Waals surface area contributed by atoms with Crippen molar-refractivity contribution < 1.29 is 28.6 Å². The Balaban J connectivity index is 1.93. The maximum Gasteiger partial charge on any atom is 0.309 e. The van der Waals surface area contributed by atoms with E-state index in [4.69, 9.17) is 14.2 Å². The Bertz CT molecular complexity index is 790. The Kier molecular flexibility index (Phi) is 2.93. The molecule has 1 aromatic rings. The fourth-order valence-electron chi connectivity index (χ4n) is 3.57. The molecule has 1 aromatic carbocycles. The topological polar surface area (TPSA) is 78.9 Å². The van der Waals surface area contributed by atoms with Crippen molar-refractivity contribution in [2.45, 2.75) is 31.7 Å². The Morgan fingerprint density at radius 2 is 1.91 bits per heavy atom. The molecule has 0 spiro atoms. The summed E-state index contributed by atoms with van der Waals surface area (Å²) < 4.78 is 16.2. The van der Waals surface area contributed by atoms with Crippen molar-refractivity contribution in [3.05, 3.63) is 40.5 Å². The summed E-state index contributed by atoms with van der Waals surface area (Å²) >= 11 is 0. The van der Waals surface area contributed by atoms with Crippen molar-refractivity contribution in [2.75, 3.05) is 7.11 Å². The molecule has 3 aliphatic rings. The molecule has 0 unspecified atom stereocenters. The number of benzene rings is 1. The smallest absolute Gasteiger partial charge is 0.309 e. The highest BCUT2D eigenvalue weighted by Gasteiger charge is 2.51. The van der Waals surface area contributed by atoms with Gasteiger partial charge in [0, 0.05) is 11.1 Å². The molecule has 3 atom stereocenters. The van der Waals surface area contributed by atoms with Crippen molar-refractivity contribution in [3.63, 3.8) is 0 Å². The number of ketones is 2. The number of methoxy groups -OCH3 is 1. The van der Waals surface area contributed by atoms with E-state index < -0.39 is 24.3 Å². The molecule has 6 nitrogen and oxygen atoms in total. The van der Waals surface area contributed by atoms with Crippen LogP contribution in [0, 0.1) is 0 Å². The predicted molar refractivity (Wildman–Crippen MR) is 77.5 cm³/mol. The van der Waals surface area contributed by atoms with Crippen molar-refractivity contribution in [1.29, 1.82) is 0 Å². The Hall–Kier alpha value is -2.47. The minimum absolute atomic E-state index is 0.0955. The summed E-state index contributed by atoms with van der Waals surface area (Å²) in [5, 5.41) is 0. The molecule has 118 valence electrons. The van der Waals surface area contributed by atoms with Crippen LogP contribution in [-0.4, -0.2) is 43.0 Å². The number of fused-ring (bicyclic) bond motifs is 3. The lowest BCUT2D eigenvalue weighted by molar-refractivity contribution is -0.140. The first kappa shape index (κ1) is 14.1. The lowest BCUT2D eigenvalue weighted by Gasteiger charge is -2.35. The quantitative estimate of drug-likeness (QED) is 0.731. The van der Waals surface area contributed by atoms with Crippen molar-refractivity contribution in [2.24, 2.45) is 0 Å². The van der Waals surface area contributed by atoms with Gasteiger partial charge in [-0.1, -0.05) is 12.1 Å². The molecule has 0 N–H and O–H groups in total. The van der Waals surface area contributed by atoms with Gasteiger partial charge in [-0.2, -0.15) is 0 Å². The van der Waals surface area contributed by atoms with Gasteiger partial charge in [0.15, 0.2) is 17.7 Å². The van der Waals surface area contributed by atoms with E-state index in [2.05, 4.69) is 0 Å². The number of carbonyl (C=O) groups excluding carboxylic acids is 3. The van der Waals surface area contributed by atoms with Crippen molar-refractivity contribution in [3.8, 4) is 5.75 Å². The first-order valence-corrected chi connectivity index (χ1v) is 7.38. The summed E-state index contributed by atoms with van der Waals surface area (Å²) in [5.74, 6) is -0.669. The van der Waals surface area contributed by atoms with Crippen LogP contribution in [0.3, 0.4) is 0 Å². The third-order valence-corrected chi connectivity index (χ3v) is 4.53. The highest BCUT2D eigenvalue weighted by Crippen LogP contribution is 2.42. The van der Waals surface area contributed by atoms with Crippen LogP contribution in [0.1, 0.15) is 34.1 Å². The van der Waals surface area contributed by atoms with E-state index in [1.165, 1.54) is 7.11 Å². The average molecular weight is 314 g/mol. The second kappa shape index (κ2) is 4.76. The van der Waals surface area contributed by atoms with Crippen molar-refractivity contribution >= 4 is 17.5 Å². The summed E-state index contributed by atoms with van der Waals surface area (Å²) in [6.07, 6.45) is -1.79. The summed E-state index contributed by atoms with van der Waals surface area (Å²) in [6, 6.07) is 4.89. The summed E-state index contributed by atoms with van der Waals surface area (Å²) in [7, 11) is 1.45. The van der Waals surface area contributed by atoms with Gasteiger partial charge in [-0.15, -0.1) is 0 Å². The fraction of sp³-hybridized carbons (Fsp3) is 0.353. The Labute approximate surface area is 132 Å². The molecule has 2 heterocycles.